The number of benzene rings is 2. The summed E-state index contributed by atoms with van der Waals surface area (Å²) in [4.78, 5) is 16.5. The fourth-order valence-corrected chi connectivity index (χ4v) is 2.31. The van der Waals surface area contributed by atoms with E-state index in [1.807, 2.05) is 18.2 Å². The summed E-state index contributed by atoms with van der Waals surface area (Å²) in [7, 11) is 0. The Balaban J connectivity index is 1.98. The molecule has 0 aliphatic heterocycles. The van der Waals surface area contributed by atoms with Crippen molar-refractivity contribution in [3.63, 3.8) is 0 Å². The van der Waals surface area contributed by atoms with Gasteiger partial charge < -0.3 is 11.1 Å². The monoisotopic (exact) mass is 297 g/mol. The molecule has 1 heterocycles. The van der Waals surface area contributed by atoms with E-state index in [1.165, 1.54) is 0 Å². The predicted molar refractivity (Wildman–Crippen MR) is 85.6 cm³/mol. The van der Waals surface area contributed by atoms with E-state index in [1.54, 1.807) is 36.5 Å². The van der Waals surface area contributed by atoms with Crippen molar-refractivity contribution in [1.29, 1.82) is 0 Å². The molecule has 0 atom stereocenters. The van der Waals surface area contributed by atoms with E-state index >= 15 is 0 Å². The predicted octanol–water partition coefficient (Wildman–Crippen LogP) is 3.72. The molecule has 0 aliphatic carbocycles. The smallest absolute Gasteiger partial charge is 0.255 e. The van der Waals surface area contributed by atoms with E-state index in [-0.39, 0.29) is 5.91 Å². The van der Waals surface area contributed by atoms with Gasteiger partial charge in [-0.1, -0.05) is 17.7 Å². The fraction of sp³-hybridized carbons (Fsp3) is 0. The molecule has 0 fully saturated rings. The van der Waals surface area contributed by atoms with Gasteiger partial charge in [-0.25, -0.2) is 0 Å². The largest absolute Gasteiger partial charge is 0.399 e. The maximum atomic E-state index is 12.3. The average Bonchev–Trinajstić information content (AvgIpc) is 2.47. The molecule has 3 rings (SSSR count). The zero-order chi connectivity index (χ0) is 14.8. The highest BCUT2D eigenvalue weighted by molar-refractivity contribution is 6.32. The van der Waals surface area contributed by atoms with Gasteiger partial charge in [-0.05, 0) is 42.5 Å². The van der Waals surface area contributed by atoms with Gasteiger partial charge in [-0.3, -0.25) is 9.78 Å². The third-order valence-electron chi connectivity index (χ3n) is 3.09. The summed E-state index contributed by atoms with van der Waals surface area (Å²) in [5.74, 6) is -0.232. The molecule has 5 heteroatoms. The van der Waals surface area contributed by atoms with Gasteiger partial charge in [0.25, 0.3) is 5.91 Å². The van der Waals surface area contributed by atoms with Gasteiger partial charge in [0.2, 0.25) is 0 Å². The second-order valence-electron chi connectivity index (χ2n) is 4.60. The third kappa shape index (κ3) is 2.80. The molecular formula is C16H12ClN3O. The van der Waals surface area contributed by atoms with Crippen molar-refractivity contribution in [1.82, 2.24) is 4.98 Å². The Morgan fingerprint density at radius 1 is 1.14 bits per heavy atom. The Labute approximate surface area is 126 Å². The summed E-state index contributed by atoms with van der Waals surface area (Å²) in [5.41, 5.74) is 8.03. The van der Waals surface area contributed by atoms with Crippen LogP contribution in [0.5, 0.6) is 0 Å². The molecule has 0 radical (unpaired) electrons. The molecular weight excluding hydrogens is 286 g/mol. The number of nitrogens with two attached hydrogens (primary N) is 1. The van der Waals surface area contributed by atoms with E-state index in [4.69, 9.17) is 17.3 Å². The van der Waals surface area contributed by atoms with Crippen LogP contribution in [0.2, 0.25) is 5.02 Å². The van der Waals surface area contributed by atoms with Crippen LogP contribution in [0.3, 0.4) is 0 Å². The van der Waals surface area contributed by atoms with Crippen molar-refractivity contribution in [2.45, 2.75) is 0 Å². The minimum Gasteiger partial charge on any atom is -0.399 e. The Morgan fingerprint density at radius 3 is 2.67 bits per heavy atom. The fourth-order valence-electron chi connectivity index (χ4n) is 2.08. The van der Waals surface area contributed by atoms with Crippen LogP contribution in [0.15, 0.2) is 54.7 Å². The normalized spacial score (nSPS) is 10.5. The molecule has 0 bridgehead atoms. The number of nitrogen functional groups attached to an aromatic ring is 1. The van der Waals surface area contributed by atoms with Crippen molar-refractivity contribution < 1.29 is 4.79 Å². The second-order valence-corrected chi connectivity index (χ2v) is 5.04. The highest BCUT2D eigenvalue weighted by Gasteiger charge is 2.10. The molecule has 0 saturated heterocycles. The molecule has 4 nitrogen and oxygen atoms in total. The lowest BCUT2D eigenvalue weighted by Crippen LogP contribution is -2.12. The molecule has 0 saturated carbocycles. The number of aromatic nitrogens is 1. The van der Waals surface area contributed by atoms with Crippen LogP contribution in [-0.2, 0) is 0 Å². The quantitative estimate of drug-likeness (QED) is 0.708. The van der Waals surface area contributed by atoms with Gasteiger partial charge in [0.15, 0.2) is 0 Å². The Morgan fingerprint density at radius 2 is 1.90 bits per heavy atom. The standard InChI is InChI=1S/C16H12ClN3O/c17-12-8-11-2-1-7-19-15(11)14(9-12)20-16(21)10-3-5-13(18)6-4-10/h1-9H,18H2,(H,20,21). The summed E-state index contributed by atoms with van der Waals surface area (Å²) in [6.07, 6.45) is 1.68. The van der Waals surface area contributed by atoms with Crippen LogP contribution in [-0.4, -0.2) is 10.9 Å². The van der Waals surface area contributed by atoms with E-state index in [9.17, 15) is 4.79 Å². The zero-order valence-corrected chi connectivity index (χ0v) is 11.8. The van der Waals surface area contributed by atoms with Crippen molar-refractivity contribution in [3.05, 3.63) is 65.3 Å². The van der Waals surface area contributed by atoms with Crippen LogP contribution in [0.1, 0.15) is 10.4 Å². The Bertz CT molecular complexity index is 815. The van der Waals surface area contributed by atoms with Gasteiger partial charge in [0, 0.05) is 27.9 Å². The summed E-state index contributed by atoms with van der Waals surface area (Å²) >= 11 is 6.08. The van der Waals surface area contributed by atoms with Crippen molar-refractivity contribution in [2.24, 2.45) is 0 Å². The van der Waals surface area contributed by atoms with E-state index in [0.717, 1.165) is 5.39 Å². The third-order valence-corrected chi connectivity index (χ3v) is 3.31. The van der Waals surface area contributed by atoms with Gasteiger partial charge in [0.1, 0.15) is 0 Å². The minimum absolute atomic E-state index is 0.232. The number of hydrogen-bond donors (Lipinski definition) is 2. The topological polar surface area (TPSA) is 68.0 Å². The number of carbonyl (C=O) groups is 1. The molecule has 0 aliphatic rings. The molecule has 0 spiro atoms. The van der Waals surface area contributed by atoms with Gasteiger partial charge in [0.05, 0.1) is 11.2 Å². The van der Waals surface area contributed by atoms with Gasteiger partial charge in [-0.15, -0.1) is 0 Å². The summed E-state index contributed by atoms with van der Waals surface area (Å²) < 4.78 is 0. The van der Waals surface area contributed by atoms with Crippen molar-refractivity contribution >= 4 is 39.8 Å². The number of nitrogens with zero attached hydrogens (tertiary/aromatic N) is 1. The first kappa shape index (κ1) is 13.4. The van der Waals surface area contributed by atoms with E-state index < -0.39 is 0 Å². The Hall–Kier alpha value is -2.59. The molecule has 1 aromatic heterocycles. The minimum atomic E-state index is -0.232. The lowest BCUT2D eigenvalue weighted by molar-refractivity contribution is 0.102. The van der Waals surface area contributed by atoms with Crippen LogP contribution in [0.25, 0.3) is 10.9 Å². The van der Waals surface area contributed by atoms with Crippen molar-refractivity contribution in [3.8, 4) is 0 Å². The van der Waals surface area contributed by atoms with Crippen LogP contribution in [0, 0.1) is 0 Å². The number of halogens is 1. The highest BCUT2D eigenvalue weighted by Crippen LogP contribution is 2.26. The summed E-state index contributed by atoms with van der Waals surface area (Å²) in [6, 6.07) is 13.9. The second kappa shape index (κ2) is 5.42. The van der Waals surface area contributed by atoms with Gasteiger partial charge >= 0.3 is 0 Å². The highest BCUT2D eigenvalue weighted by atomic mass is 35.5. The first-order chi connectivity index (χ1) is 10.1. The van der Waals surface area contributed by atoms with E-state index in [2.05, 4.69) is 10.3 Å². The molecule has 3 aromatic rings. The first-order valence-electron chi connectivity index (χ1n) is 6.34. The number of pyridine rings is 1. The van der Waals surface area contributed by atoms with Crippen LogP contribution < -0.4 is 11.1 Å². The molecule has 0 unspecified atom stereocenters. The average molecular weight is 298 g/mol. The molecule has 104 valence electrons. The maximum Gasteiger partial charge on any atom is 0.255 e. The summed E-state index contributed by atoms with van der Waals surface area (Å²) in [6.45, 7) is 0. The van der Waals surface area contributed by atoms with Crippen LogP contribution in [0.4, 0.5) is 11.4 Å². The number of nitrogens with one attached hydrogen (secondary N) is 1. The number of amides is 1. The zero-order valence-electron chi connectivity index (χ0n) is 11.0. The SMILES string of the molecule is Nc1ccc(C(=O)Nc2cc(Cl)cc3cccnc23)cc1. The molecule has 21 heavy (non-hydrogen) atoms. The molecule has 2 aromatic carbocycles. The molecule has 3 N–H and O–H groups in total. The molecule has 1 amide bonds. The summed E-state index contributed by atoms with van der Waals surface area (Å²) in [5, 5.41) is 4.25. The maximum absolute atomic E-state index is 12.3. The van der Waals surface area contributed by atoms with E-state index in [0.29, 0.717) is 27.5 Å². The lowest BCUT2D eigenvalue weighted by Gasteiger charge is -2.09. The number of anilines is 2. The number of carbonyl (C=O) groups excluding carboxylic acids is 1. The number of hydrogen-bond acceptors (Lipinski definition) is 3. The van der Waals surface area contributed by atoms with Crippen LogP contribution >= 0.6 is 11.6 Å². The number of rotatable bonds is 2. The first-order valence-corrected chi connectivity index (χ1v) is 6.72. The Kier molecular flexibility index (Phi) is 3.46. The lowest BCUT2D eigenvalue weighted by atomic mass is 10.1. The number of fused-ring (bicyclic) bond motifs is 1. The van der Waals surface area contributed by atoms with Gasteiger partial charge in [-0.2, -0.15) is 0 Å². The van der Waals surface area contributed by atoms with Crippen molar-refractivity contribution in [2.75, 3.05) is 11.1 Å².